The van der Waals surface area contributed by atoms with Crippen molar-refractivity contribution in [1.29, 1.82) is 0 Å². The Labute approximate surface area is 127 Å². The highest BCUT2D eigenvalue weighted by atomic mass is 79.9. The number of amides is 1. The Bertz CT molecular complexity index is 444. The number of carbonyl (C=O) groups excluding carboxylic acids is 1. The number of rotatable bonds is 5. The Kier molecular flexibility index (Phi) is 5.86. The van der Waals surface area contributed by atoms with Gasteiger partial charge in [0.2, 0.25) is 5.91 Å². The van der Waals surface area contributed by atoms with Crippen LogP contribution in [0.1, 0.15) is 19.3 Å². The topological polar surface area (TPSA) is 49.8 Å². The zero-order valence-electron chi connectivity index (χ0n) is 11.4. The molecule has 0 aromatic heterocycles. The number of piperidine rings is 1. The summed E-state index contributed by atoms with van der Waals surface area (Å²) >= 11 is 3.38. The van der Waals surface area contributed by atoms with Crippen molar-refractivity contribution in [3.05, 3.63) is 28.7 Å². The second-order valence-electron chi connectivity index (χ2n) is 5.06. The van der Waals surface area contributed by atoms with Crippen LogP contribution in [-0.2, 0) is 4.79 Å². The first-order valence-corrected chi connectivity index (χ1v) is 7.75. The average molecular weight is 342 g/mol. The van der Waals surface area contributed by atoms with Crippen molar-refractivity contribution in [3.63, 3.8) is 0 Å². The Morgan fingerprint density at radius 1 is 1.40 bits per heavy atom. The minimum absolute atomic E-state index is 0.136. The molecule has 5 heteroatoms. The van der Waals surface area contributed by atoms with Gasteiger partial charge in [-0.25, -0.2) is 0 Å². The molecular weight excluding hydrogens is 322 g/mol. The van der Waals surface area contributed by atoms with Gasteiger partial charge in [0.1, 0.15) is 5.75 Å². The SMILES string of the molecule is O=C(CCOc1cccc(Br)c1)N1CCC(CO)CC1. The van der Waals surface area contributed by atoms with Gasteiger partial charge in [-0.3, -0.25) is 4.79 Å². The standard InChI is InChI=1S/C15H20BrNO3/c16-13-2-1-3-14(10-13)20-9-6-15(19)17-7-4-12(11-18)5-8-17/h1-3,10,12,18H,4-9,11H2. The van der Waals surface area contributed by atoms with Crippen molar-refractivity contribution in [1.82, 2.24) is 4.90 Å². The molecule has 2 rings (SSSR count). The molecule has 0 atom stereocenters. The molecule has 1 fully saturated rings. The van der Waals surface area contributed by atoms with Crippen molar-refractivity contribution in [2.45, 2.75) is 19.3 Å². The maximum Gasteiger partial charge on any atom is 0.225 e. The lowest BCUT2D eigenvalue weighted by atomic mass is 9.98. The van der Waals surface area contributed by atoms with Gasteiger partial charge in [-0.2, -0.15) is 0 Å². The molecule has 1 aromatic carbocycles. The highest BCUT2D eigenvalue weighted by Crippen LogP contribution is 2.19. The maximum absolute atomic E-state index is 12.0. The summed E-state index contributed by atoms with van der Waals surface area (Å²) in [5.41, 5.74) is 0. The van der Waals surface area contributed by atoms with Gasteiger partial charge in [0.15, 0.2) is 0 Å². The molecule has 0 unspecified atom stereocenters. The molecule has 1 aliphatic rings. The first-order valence-electron chi connectivity index (χ1n) is 6.96. The van der Waals surface area contributed by atoms with Gasteiger partial charge in [0.25, 0.3) is 0 Å². The van der Waals surface area contributed by atoms with Crippen LogP contribution in [-0.4, -0.2) is 42.2 Å². The van der Waals surface area contributed by atoms with E-state index in [-0.39, 0.29) is 12.5 Å². The molecule has 0 bridgehead atoms. The molecule has 20 heavy (non-hydrogen) atoms. The summed E-state index contributed by atoms with van der Waals surface area (Å²) in [5.74, 6) is 1.26. The molecule has 1 aliphatic heterocycles. The first-order chi connectivity index (χ1) is 9.69. The van der Waals surface area contributed by atoms with Crippen molar-refractivity contribution in [2.75, 3.05) is 26.3 Å². The molecule has 0 saturated carbocycles. The first kappa shape index (κ1) is 15.3. The number of nitrogens with zero attached hydrogens (tertiary/aromatic N) is 1. The van der Waals surface area contributed by atoms with Crippen molar-refractivity contribution in [2.24, 2.45) is 5.92 Å². The smallest absolute Gasteiger partial charge is 0.225 e. The van der Waals surface area contributed by atoms with E-state index >= 15 is 0 Å². The van der Waals surface area contributed by atoms with Crippen LogP contribution >= 0.6 is 15.9 Å². The summed E-state index contributed by atoms with van der Waals surface area (Å²) in [6.07, 6.45) is 2.19. The van der Waals surface area contributed by atoms with Gasteiger partial charge < -0.3 is 14.7 Å². The Balaban J connectivity index is 1.70. The van der Waals surface area contributed by atoms with Gasteiger partial charge in [-0.05, 0) is 37.0 Å². The second-order valence-corrected chi connectivity index (χ2v) is 5.98. The number of aliphatic hydroxyl groups is 1. The number of halogens is 1. The molecule has 1 N–H and O–H groups in total. The summed E-state index contributed by atoms with van der Waals surface area (Å²) in [5, 5.41) is 9.08. The fourth-order valence-corrected chi connectivity index (χ4v) is 2.71. The number of aliphatic hydroxyl groups excluding tert-OH is 1. The molecule has 1 aromatic rings. The Morgan fingerprint density at radius 3 is 2.80 bits per heavy atom. The van der Waals surface area contributed by atoms with Gasteiger partial charge in [-0.15, -0.1) is 0 Å². The van der Waals surface area contributed by atoms with Gasteiger partial charge in [0.05, 0.1) is 13.0 Å². The number of benzene rings is 1. The lowest BCUT2D eigenvalue weighted by Gasteiger charge is -2.31. The number of hydrogen-bond donors (Lipinski definition) is 1. The van der Waals surface area contributed by atoms with Crippen molar-refractivity contribution in [3.8, 4) is 5.75 Å². The van der Waals surface area contributed by atoms with Gasteiger partial charge in [0, 0.05) is 24.2 Å². The van der Waals surface area contributed by atoms with E-state index in [0.717, 1.165) is 36.2 Å². The van der Waals surface area contributed by atoms with E-state index in [1.807, 2.05) is 29.2 Å². The van der Waals surface area contributed by atoms with E-state index in [4.69, 9.17) is 9.84 Å². The van der Waals surface area contributed by atoms with E-state index < -0.39 is 0 Å². The quantitative estimate of drug-likeness (QED) is 0.894. The third-order valence-corrected chi connectivity index (χ3v) is 4.10. The van der Waals surface area contributed by atoms with Crippen LogP contribution in [0.15, 0.2) is 28.7 Å². The summed E-state index contributed by atoms with van der Waals surface area (Å²) in [4.78, 5) is 13.9. The number of carbonyl (C=O) groups is 1. The predicted octanol–water partition coefficient (Wildman–Crippen LogP) is 2.45. The molecule has 0 radical (unpaired) electrons. The molecule has 4 nitrogen and oxygen atoms in total. The lowest BCUT2D eigenvalue weighted by molar-refractivity contribution is -0.133. The Hall–Kier alpha value is -1.07. The molecular formula is C15H20BrNO3. The highest BCUT2D eigenvalue weighted by Gasteiger charge is 2.21. The second kappa shape index (κ2) is 7.64. The van der Waals surface area contributed by atoms with Crippen molar-refractivity contribution < 1.29 is 14.6 Å². The molecule has 0 aliphatic carbocycles. The largest absolute Gasteiger partial charge is 0.493 e. The molecule has 1 heterocycles. The van der Waals surface area contributed by atoms with E-state index in [1.54, 1.807) is 0 Å². The third-order valence-electron chi connectivity index (χ3n) is 3.61. The number of ether oxygens (including phenoxy) is 1. The van der Waals surface area contributed by atoms with Crippen LogP contribution in [0.4, 0.5) is 0 Å². The van der Waals surface area contributed by atoms with Gasteiger partial charge in [-0.1, -0.05) is 22.0 Å². The minimum Gasteiger partial charge on any atom is -0.493 e. The molecule has 1 saturated heterocycles. The van der Waals surface area contributed by atoms with Crippen LogP contribution in [0.2, 0.25) is 0 Å². The fourth-order valence-electron chi connectivity index (χ4n) is 2.34. The summed E-state index contributed by atoms with van der Waals surface area (Å²) in [6.45, 7) is 2.13. The van der Waals surface area contributed by atoms with E-state index in [0.29, 0.717) is 18.9 Å². The monoisotopic (exact) mass is 341 g/mol. The zero-order chi connectivity index (χ0) is 14.4. The maximum atomic E-state index is 12.0. The lowest BCUT2D eigenvalue weighted by Crippen LogP contribution is -2.39. The zero-order valence-corrected chi connectivity index (χ0v) is 13.0. The van der Waals surface area contributed by atoms with E-state index in [2.05, 4.69) is 15.9 Å². The predicted molar refractivity (Wildman–Crippen MR) is 80.6 cm³/mol. The van der Waals surface area contributed by atoms with Crippen LogP contribution in [0.3, 0.4) is 0 Å². The normalized spacial score (nSPS) is 16.2. The number of likely N-dealkylation sites (tertiary alicyclic amines) is 1. The molecule has 0 spiro atoms. The van der Waals surface area contributed by atoms with Crippen LogP contribution < -0.4 is 4.74 Å². The van der Waals surface area contributed by atoms with Crippen molar-refractivity contribution >= 4 is 21.8 Å². The minimum atomic E-state index is 0.136. The summed E-state index contributed by atoms with van der Waals surface area (Å²) in [6, 6.07) is 7.60. The molecule has 110 valence electrons. The summed E-state index contributed by atoms with van der Waals surface area (Å²) < 4.78 is 6.54. The average Bonchev–Trinajstić information content (AvgIpc) is 2.47. The molecule has 1 amide bonds. The third kappa shape index (κ3) is 4.49. The Morgan fingerprint density at radius 2 is 2.15 bits per heavy atom. The van der Waals surface area contributed by atoms with Crippen LogP contribution in [0.25, 0.3) is 0 Å². The number of hydrogen-bond acceptors (Lipinski definition) is 3. The summed E-state index contributed by atoms with van der Waals surface area (Å²) in [7, 11) is 0. The van der Waals surface area contributed by atoms with Gasteiger partial charge >= 0.3 is 0 Å². The highest BCUT2D eigenvalue weighted by molar-refractivity contribution is 9.10. The van der Waals surface area contributed by atoms with Crippen LogP contribution in [0.5, 0.6) is 5.75 Å². The van der Waals surface area contributed by atoms with E-state index in [1.165, 1.54) is 0 Å². The van der Waals surface area contributed by atoms with E-state index in [9.17, 15) is 4.79 Å². The van der Waals surface area contributed by atoms with Crippen LogP contribution in [0, 0.1) is 5.92 Å². The fraction of sp³-hybridized carbons (Fsp3) is 0.533.